The maximum absolute atomic E-state index is 12.3. The lowest BCUT2D eigenvalue weighted by Gasteiger charge is -2.10. The second-order valence-corrected chi connectivity index (χ2v) is 8.12. The highest BCUT2D eigenvalue weighted by Gasteiger charge is 2.17. The molecule has 33 heavy (non-hydrogen) atoms. The summed E-state index contributed by atoms with van der Waals surface area (Å²) in [4.78, 5) is 12.3. The van der Waals surface area contributed by atoms with Crippen molar-refractivity contribution in [3.8, 4) is 28.6 Å². The number of para-hydroxylation sites is 1. The Labute approximate surface area is 194 Å². The Morgan fingerprint density at radius 3 is 2.52 bits per heavy atom. The van der Waals surface area contributed by atoms with E-state index in [0.29, 0.717) is 16.5 Å². The van der Waals surface area contributed by atoms with Crippen molar-refractivity contribution in [2.75, 3.05) is 5.75 Å². The van der Waals surface area contributed by atoms with Crippen molar-refractivity contribution in [2.24, 2.45) is 5.10 Å². The van der Waals surface area contributed by atoms with E-state index in [9.17, 15) is 15.0 Å². The second kappa shape index (κ2) is 10.0. The lowest BCUT2D eigenvalue weighted by molar-refractivity contribution is -0.118. The van der Waals surface area contributed by atoms with Crippen LogP contribution in [0.25, 0.3) is 17.1 Å². The van der Waals surface area contributed by atoms with Crippen molar-refractivity contribution in [2.45, 2.75) is 12.1 Å². The van der Waals surface area contributed by atoms with E-state index >= 15 is 0 Å². The van der Waals surface area contributed by atoms with Crippen molar-refractivity contribution in [1.29, 1.82) is 0 Å². The first-order valence-corrected chi connectivity index (χ1v) is 11.0. The Balaban J connectivity index is 1.48. The maximum atomic E-state index is 12.3. The molecule has 0 unspecified atom stereocenters. The molecule has 0 fully saturated rings. The number of hydrogen-bond donors (Lipinski definition) is 3. The second-order valence-electron chi connectivity index (χ2n) is 7.17. The van der Waals surface area contributed by atoms with Crippen molar-refractivity contribution in [1.82, 2.24) is 20.2 Å². The molecule has 8 nitrogen and oxygen atoms in total. The van der Waals surface area contributed by atoms with Gasteiger partial charge in [-0.1, -0.05) is 59.8 Å². The van der Waals surface area contributed by atoms with Crippen molar-refractivity contribution < 1.29 is 15.0 Å². The molecule has 4 rings (SSSR count). The molecule has 0 bridgehead atoms. The number of rotatable bonds is 7. The molecule has 0 saturated carbocycles. The van der Waals surface area contributed by atoms with Crippen LogP contribution in [0.1, 0.15) is 11.1 Å². The number of phenols is 2. The first-order valence-electron chi connectivity index (χ1n) is 10.1. The van der Waals surface area contributed by atoms with Gasteiger partial charge in [0.15, 0.2) is 22.5 Å². The lowest BCUT2D eigenvalue weighted by Crippen LogP contribution is -2.20. The number of hydrazone groups is 1. The van der Waals surface area contributed by atoms with Crippen LogP contribution in [0.3, 0.4) is 0 Å². The molecule has 3 aromatic carbocycles. The molecule has 1 amide bonds. The predicted molar refractivity (Wildman–Crippen MR) is 128 cm³/mol. The summed E-state index contributed by atoms with van der Waals surface area (Å²) in [5.41, 5.74) is 5.95. The number of aryl methyl sites for hydroxylation is 1. The van der Waals surface area contributed by atoms with Gasteiger partial charge in [-0.25, -0.2) is 5.43 Å². The van der Waals surface area contributed by atoms with Crippen LogP contribution in [0.2, 0.25) is 0 Å². The van der Waals surface area contributed by atoms with E-state index in [4.69, 9.17) is 0 Å². The van der Waals surface area contributed by atoms with Gasteiger partial charge in [-0.15, -0.1) is 10.2 Å². The van der Waals surface area contributed by atoms with Gasteiger partial charge in [-0.2, -0.15) is 5.10 Å². The van der Waals surface area contributed by atoms with Gasteiger partial charge in [0.25, 0.3) is 5.91 Å². The van der Waals surface area contributed by atoms with Crippen LogP contribution in [0.15, 0.2) is 83.1 Å². The molecule has 0 atom stereocenters. The summed E-state index contributed by atoms with van der Waals surface area (Å²) in [7, 11) is 0. The Morgan fingerprint density at radius 1 is 1.03 bits per heavy atom. The molecular weight excluding hydrogens is 438 g/mol. The Kier molecular flexibility index (Phi) is 6.70. The third-order valence-corrected chi connectivity index (χ3v) is 5.62. The summed E-state index contributed by atoms with van der Waals surface area (Å²) in [6, 6.07) is 22.0. The number of nitrogens with zero attached hydrogens (tertiary/aromatic N) is 4. The monoisotopic (exact) mass is 459 g/mol. The average Bonchev–Trinajstić information content (AvgIpc) is 3.25. The average molecular weight is 460 g/mol. The topological polar surface area (TPSA) is 113 Å². The van der Waals surface area contributed by atoms with Crippen LogP contribution in [0.5, 0.6) is 11.5 Å². The van der Waals surface area contributed by atoms with E-state index in [1.807, 2.05) is 66.1 Å². The van der Waals surface area contributed by atoms with Gasteiger partial charge in [0.1, 0.15) is 0 Å². The highest BCUT2D eigenvalue weighted by molar-refractivity contribution is 7.99. The molecule has 0 saturated heterocycles. The normalized spacial score (nSPS) is 11.1. The van der Waals surface area contributed by atoms with E-state index in [2.05, 4.69) is 20.7 Å². The van der Waals surface area contributed by atoms with Crippen LogP contribution >= 0.6 is 11.8 Å². The fraction of sp³-hybridized carbons (Fsp3) is 0.0833. The minimum Gasteiger partial charge on any atom is -0.504 e. The predicted octanol–water partition coefficient (Wildman–Crippen LogP) is 3.90. The number of carbonyl (C=O) groups is 1. The van der Waals surface area contributed by atoms with Gasteiger partial charge < -0.3 is 10.2 Å². The highest BCUT2D eigenvalue weighted by atomic mass is 32.2. The molecule has 1 aromatic heterocycles. The molecule has 1 heterocycles. The van der Waals surface area contributed by atoms with E-state index in [-0.39, 0.29) is 23.2 Å². The summed E-state index contributed by atoms with van der Waals surface area (Å²) >= 11 is 1.25. The number of amides is 1. The van der Waals surface area contributed by atoms with Crippen molar-refractivity contribution in [3.05, 3.63) is 83.9 Å². The number of thioether (sulfide) groups is 1. The van der Waals surface area contributed by atoms with Crippen LogP contribution in [0.4, 0.5) is 0 Å². The third kappa shape index (κ3) is 5.39. The van der Waals surface area contributed by atoms with Gasteiger partial charge in [0.05, 0.1) is 12.0 Å². The largest absolute Gasteiger partial charge is 0.504 e. The number of hydrogen-bond acceptors (Lipinski definition) is 7. The number of carbonyl (C=O) groups excluding carboxylic acids is 1. The molecule has 9 heteroatoms. The van der Waals surface area contributed by atoms with Gasteiger partial charge in [-0.3, -0.25) is 9.36 Å². The van der Waals surface area contributed by atoms with E-state index in [0.717, 1.165) is 16.8 Å². The zero-order chi connectivity index (χ0) is 23.2. The Hall–Kier alpha value is -4.11. The van der Waals surface area contributed by atoms with E-state index in [1.165, 1.54) is 30.1 Å². The van der Waals surface area contributed by atoms with Crippen LogP contribution in [0, 0.1) is 6.92 Å². The summed E-state index contributed by atoms with van der Waals surface area (Å²) in [5, 5.41) is 32.0. The number of nitrogens with one attached hydrogen (secondary N) is 1. The van der Waals surface area contributed by atoms with Gasteiger partial charge in [0, 0.05) is 11.3 Å². The number of benzene rings is 3. The van der Waals surface area contributed by atoms with Crippen molar-refractivity contribution in [3.63, 3.8) is 0 Å². The molecular formula is C24H21N5O3S. The molecule has 166 valence electrons. The van der Waals surface area contributed by atoms with Crippen molar-refractivity contribution >= 4 is 23.9 Å². The number of aromatic nitrogens is 3. The van der Waals surface area contributed by atoms with Crippen LogP contribution in [-0.4, -0.2) is 42.9 Å². The SMILES string of the molecule is Cc1ccc(-c2nnc(SCC(=O)NN=Cc3ccc(O)c(O)c3)n2-c2ccccc2)cc1. The summed E-state index contributed by atoms with van der Waals surface area (Å²) < 4.78 is 1.92. The Morgan fingerprint density at radius 2 is 1.79 bits per heavy atom. The van der Waals surface area contributed by atoms with Gasteiger partial charge >= 0.3 is 0 Å². The summed E-state index contributed by atoms with van der Waals surface area (Å²) in [6.07, 6.45) is 1.38. The first-order chi connectivity index (χ1) is 16.0. The molecule has 3 N–H and O–H groups in total. The van der Waals surface area contributed by atoms with E-state index < -0.39 is 0 Å². The quantitative estimate of drug-likeness (QED) is 0.167. The molecule has 0 aliphatic rings. The number of phenolic OH excluding ortho intramolecular Hbond substituents is 2. The fourth-order valence-electron chi connectivity index (χ4n) is 3.02. The number of aromatic hydroxyl groups is 2. The summed E-state index contributed by atoms with van der Waals surface area (Å²) in [5.74, 6) is -0.0320. The van der Waals surface area contributed by atoms with Gasteiger partial charge in [0.2, 0.25) is 0 Å². The molecule has 0 radical (unpaired) electrons. The minimum absolute atomic E-state index is 0.0804. The zero-order valence-electron chi connectivity index (χ0n) is 17.7. The van der Waals surface area contributed by atoms with Crippen LogP contribution < -0.4 is 5.43 Å². The third-order valence-electron chi connectivity index (χ3n) is 4.69. The lowest BCUT2D eigenvalue weighted by atomic mass is 10.1. The molecule has 0 aliphatic carbocycles. The smallest absolute Gasteiger partial charge is 0.250 e. The first kappa shape index (κ1) is 22.1. The molecule has 0 aliphatic heterocycles. The maximum Gasteiger partial charge on any atom is 0.250 e. The highest BCUT2D eigenvalue weighted by Crippen LogP contribution is 2.28. The molecule has 4 aromatic rings. The zero-order valence-corrected chi connectivity index (χ0v) is 18.5. The summed E-state index contributed by atoms with van der Waals surface area (Å²) in [6.45, 7) is 2.03. The van der Waals surface area contributed by atoms with Crippen LogP contribution in [-0.2, 0) is 4.79 Å². The van der Waals surface area contributed by atoms with E-state index in [1.54, 1.807) is 6.07 Å². The minimum atomic E-state index is -0.321. The molecule has 0 spiro atoms. The Bertz CT molecular complexity index is 1290. The van der Waals surface area contributed by atoms with Gasteiger partial charge in [-0.05, 0) is 42.8 Å². The fourth-order valence-corrected chi connectivity index (χ4v) is 3.77. The standard InChI is InChI=1S/C24H21N5O3S/c1-16-7-10-18(11-8-16)23-27-28-24(29(23)19-5-3-2-4-6-19)33-15-22(32)26-25-14-17-9-12-20(30)21(31)13-17/h2-14,30-31H,15H2,1H3,(H,26,32).